The molecule has 3 rings (SSSR count). The van der Waals surface area contributed by atoms with E-state index in [1.54, 1.807) is 32.4 Å². The fourth-order valence-electron chi connectivity index (χ4n) is 4.01. The van der Waals surface area contributed by atoms with Crippen molar-refractivity contribution in [3.8, 4) is 11.5 Å². The molecule has 34 heavy (non-hydrogen) atoms. The quantitative estimate of drug-likeness (QED) is 0.376. The van der Waals surface area contributed by atoms with Gasteiger partial charge in [0.25, 0.3) is 11.8 Å². The monoisotopic (exact) mass is 467 g/mol. The SMILES string of the molecule is CCN(CC)c1ccc(NC2=C(c3ccc(OC)c(OC)c3)C(=O)N(CCCOC)C2=O)cc1. The second kappa shape index (κ2) is 11.6. The molecule has 0 saturated heterocycles. The van der Waals surface area contributed by atoms with Gasteiger partial charge in [0.2, 0.25) is 0 Å². The lowest BCUT2D eigenvalue weighted by Crippen LogP contribution is -2.33. The molecule has 1 N–H and O–H groups in total. The minimum atomic E-state index is -0.362. The molecular formula is C26H33N3O5. The molecule has 0 aliphatic carbocycles. The van der Waals surface area contributed by atoms with Crippen molar-refractivity contribution in [1.82, 2.24) is 4.90 Å². The average Bonchev–Trinajstić information content (AvgIpc) is 3.09. The van der Waals surface area contributed by atoms with Gasteiger partial charge < -0.3 is 24.4 Å². The van der Waals surface area contributed by atoms with Gasteiger partial charge in [-0.05, 0) is 62.2 Å². The molecule has 1 aliphatic heterocycles. The third kappa shape index (κ3) is 5.17. The van der Waals surface area contributed by atoms with Crippen molar-refractivity contribution in [2.75, 3.05) is 57.8 Å². The first kappa shape index (κ1) is 25.1. The molecule has 1 heterocycles. The Morgan fingerprint density at radius 2 is 1.56 bits per heavy atom. The van der Waals surface area contributed by atoms with Gasteiger partial charge in [0.05, 0.1) is 19.8 Å². The summed E-state index contributed by atoms with van der Waals surface area (Å²) in [6.45, 7) is 6.75. The van der Waals surface area contributed by atoms with E-state index in [1.165, 1.54) is 12.0 Å². The molecule has 0 aromatic heterocycles. The maximum atomic E-state index is 13.4. The van der Waals surface area contributed by atoms with Gasteiger partial charge in [0.1, 0.15) is 5.70 Å². The van der Waals surface area contributed by atoms with Gasteiger partial charge >= 0.3 is 0 Å². The van der Waals surface area contributed by atoms with Crippen molar-refractivity contribution < 1.29 is 23.8 Å². The van der Waals surface area contributed by atoms with Crippen LogP contribution in [0.2, 0.25) is 0 Å². The van der Waals surface area contributed by atoms with Crippen LogP contribution in [-0.4, -0.2) is 64.3 Å². The maximum absolute atomic E-state index is 13.4. The minimum absolute atomic E-state index is 0.241. The summed E-state index contributed by atoms with van der Waals surface area (Å²) in [6.07, 6.45) is 0.555. The lowest BCUT2D eigenvalue weighted by atomic mass is 10.0. The topological polar surface area (TPSA) is 80.3 Å². The number of rotatable bonds is 12. The Morgan fingerprint density at radius 1 is 0.882 bits per heavy atom. The van der Waals surface area contributed by atoms with Crippen molar-refractivity contribution in [2.24, 2.45) is 0 Å². The van der Waals surface area contributed by atoms with Crippen LogP contribution in [0.5, 0.6) is 11.5 Å². The number of benzene rings is 2. The number of hydrogen-bond donors (Lipinski definition) is 1. The van der Waals surface area contributed by atoms with Crippen LogP contribution in [0, 0.1) is 0 Å². The highest BCUT2D eigenvalue weighted by atomic mass is 16.5. The summed E-state index contributed by atoms with van der Waals surface area (Å²) in [5.74, 6) is 0.310. The third-order valence-electron chi connectivity index (χ3n) is 5.84. The largest absolute Gasteiger partial charge is 0.493 e. The number of hydrogen-bond acceptors (Lipinski definition) is 7. The van der Waals surface area contributed by atoms with E-state index in [0.717, 1.165) is 24.5 Å². The molecule has 0 atom stereocenters. The van der Waals surface area contributed by atoms with Crippen LogP contribution in [-0.2, 0) is 14.3 Å². The number of amides is 2. The van der Waals surface area contributed by atoms with E-state index in [4.69, 9.17) is 14.2 Å². The van der Waals surface area contributed by atoms with Crippen LogP contribution in [0.4, 0.5) is 11.4 Å². The molecule has 0 unspecified atom stereocenters. The molecular weight excluding hydrogens is 434 g/mol. The van der Waals surface area contributed by atoms with E-state index in [0.29, 0.717) is 35.7 Å². The average molecular weight is 468 g/mol. The number of methoxy groups -OCH3 is 3. The lowest BCUT2D eigenvalue weighted by Gasteiger charge is -2.21. The first-order chi connectivity index (χ1) is 16.5. The number of ether oxygens (including phenoxy) is 3. The Labute approximate surface area is 201 Å². The Hall–Kier alpha value is -3.52. The summed E-state index contributed by atoms with van der Waals surface area (Å²) in [6, 6.07) is 13.0. The molecule has 0 fully saturated rings. The summed E-state index contributed by atoms with van der Waals surface area (Å²) in [7, 11) is 4.68. The van der Waals surface area contributed by atoms with Crippen molar-refractivity contribution in [2.45, 2.75) is 20.3 Å². The standard InChI is InChI=1S/C26H33N3O5/c1-6-28(7-2)20-12-10-19(11-13-20)27-24-23(18-9-14-21(33-4)22(17-18)34-5)25(30)29(26(24)31)15-8-16-32-3/h9-14,17,27H,6-8,15-16H2,1-5H3. The normalized spacial score (nSPS) is 13.5. The van der Waals surface area contributed by atoms with E-state index < -0.39 is 0 Å². The molecule has 2 aromatic rings. The Morgan fingerprint density at radius 3 is 2.15 bits per heavy atom. The van der Waals surface area contributed by atoms with E-state index in [9.17, 15) is 9.59 Å². The predicted molar refractivity (Wildman–Crippen MR) is 133 cm³/mol. The molecule has 8 heteroatoms. The maximum Gasteiger partial charge on any atom is 0.278 e. The van der Waals surface area contributed by atoms with Crippen LogP contribution in [0.1, 0.15) is 25.8 Å². The lowest BCUT2D eigenvalue weighted by molar-refractivity contribution is -0.136. The van der Waals surface area contributed by atoms with Gasteiger partial charge in [-0.25, -0.2) is 0 Å². The molecule has 8 nitrogen and oxygen atoms in total. The number of carbonyl (C=O) groups excluding carboxylic acids is 2. The summed E-state index contributed by atoms with van der Waals surface area (Å²) in [4.78, 5) is 30.2. The van der Waals surface area contributed by atoms with Gasteiger partial charge in [-0.3, -0.25) is 14.5 Å². The van der Waals surface area contributed by atoms with Crippen LogP contribution >= 0.6 is 0 Å². The van der Waals surface area contributed by atoms with Crippen LogP contribution < -0.4 is 19.7 Å². The van der Waals surface area contributed by atoms with Crippen LogP contribution in [0.25, 0.3) is 5.57 Å². The first-order valence-corrected chi connectivity index (χ1v) is 11.4. The summed E-state index contributed by atoms with van der Waals surface area (Å²) < 4.78 is 15.8. The van der Waals surface area contributed by atoms with Crippen LogP contribution in [0.3, 0.4) is 0 Å². The fraction of sp³-hybridized carbons (Fsp3) is 0.385. The van der Waals surface area contributed by atoms with E-state index in [-0.39, 0.29) is 24.1 Å². The molecule has 0 spiro atoms. The number of imide groups is 1. The van der Waals surface area contributed by atoms with Crippen molar-refractivity contribution >= 4 is 28.8 Å². The Bertz CT molecular complexity index is 1040. The zero-order valence-corrected chi connectivity index (χ0v) is 20.5. The molecule has 1 aliphatic rings. The predicted octanol–water partition coefficient (Wildman–Crippen LogP) is 3.78. The van der Waals surface area contributed by atoms with Gasteiger partial charge in [-0.15, -0.1) is 0 Å². The number of anilines is 2. The minimum Gasteiger partial charge on any atom is -0.493 e. The molecule has 0 radical (unpaired) electrons. The van der Waals surface area contributed by atoms with E-state index in [1.807, 2.05) is 24.3 Å². The molecule has 0 saturated carbocycles. The number of nitrogens with one attached hydrogen (secondary N) is 1. The highest BCUT2D eigenvalue weighted by Gasteiger charge is 2.39. The molecule has 0 bridgehead atoms. The molecule has 2 amide bonds. The van der Waals surface area contributed by atoms with Gasteiger partial charge in [-0.2, -0.15) is 0 Å². The van der Waals surface area contributed by atoms with Gasteiger partial charge in [0, 0.05) is 44.7 Å². The second-order valence-electron chi connectivity index (χ2n) is 7.77. The Kier molecular flexibility index (Phi) is 8.54. The van der Waals surface area contributed by atoms with Crippen LogP contribution in [0.15, 0.2) is 48.2 Å². The van der Waals surface area contributed by atoms with Gasteiger partial charge in [-0.1, -0.05) is 6.07 Å². The Balaban J connectivity index is 2.00. The molecule has 182 valence electrons. The third-order valence-corrected chi connectivity index (χ3v) is 5.84. The summed E-state index contributed by atoms with van der Waals surface area (Å²) in [5.41, 5.74) is 2.94. The first-order valence-electron chi connectivity index (χ1n) is 11.4. The van der Waals surface area contributed by atoms with E-state index in [2.05, 4.69) is 24.1 Å². The summed E-state index contributed by atoms with van der Waals surface area (Å²) >= 11 is 0. The zero-order valence-electron chi connectivity index (χ0n) is 20.5. The fourth-order valence-corrected chi connectivity index (χ4v) is 4.01. The number of carbonyl (C=O) groups is 2. The van der Waals surface area contributed by atoms with Crippen molar-refractivity contribution in [3.05, 3.63) is 53.7 Å². The smallest absolute Gasteiger partial charge is 0.278 e. The molecule has 2 aromatic carbocycles. The van der Waals surface area contributed by atoms with Crippen molar-refractivity contribution in [1.29, 1.82) is 0 Å². The zero-order chi connectivity index (χ0) is 24.7. The second-order valence-corrected chi connectivity index (χ2v) is 7.77. The number of nitrogens with zero attached hydrogens (tertiary/aromatic N) is 2. The van der Waals surface area contributed by atoms with Crippen molar-refractivity contribution in [3.63, 3.8) is 0 Å². The summed E-state index contributed by atoms with van der Waals surface area (Å²) in [5, 5.41) is 3.20. The highest BCUT2D eigenvalue weighted by molar-refractivity contribution is 6.36. The van der Waals surface area contributed by atoms with E-state index >= 15 is 0 Å². The highest BCUT2D eigenvalue weighted by Crippen LogP contribution is 2.36. The van der Waals surface area contributed by atoms with Gasteiger partial charge in [0.15, 0.2) is 11.5 Å².